The molecule has 2 aromatic heterocycles. The predicted octanol–water partition coefficient (Wildman–Crippen LogP) is 2.53. The quantitative estimate of drug-likeness (QED) is 0.533. The molecule has 0 spiro atoms. The number of amides is 3. The Hall–Kier alpha value is -2.65. The van der Waals surface area contributed by atoms with Crippen molar-refractivity contribution in [1.82, 2.24) is 19.6 Å². The second kappa shape index (κ2) is 12.3. The van der Waals surface area contributed by atoms with E-state index >= 15 is 0 Å². The number of hydrogen-bond acceptors (Lipinski definition) is 5. The number of pyridine rings is 1. The Labute approximate surface area is 183 Å². The number of nitrogens with one attached hydrogen (secondary N) is 2. The summed E-state index contributed by atoms with van der Waals surface area (Å²) in [7, 11) is 1.62. The van der Waals surface area contributed by atoms with Crippen molar-refractivity contribution in [2.24, 2.45) is 5.92 Å². The van der Waals surface area contributed by atoms with E-state index < -0.39 is 0 Å². The first-order valence-corrected chi connectivity index (χ1v) is 11.0. The summed E-state index contributed by atoms with van der Waals surface area (Å²) in [6.07, 6.45) is 10.6. The Morgan fingerprint density at radius 2 is 2.03 bits per heavy atom. The lowest BCUT2D eigenvalue weighted by Gasteiger charge is -2.32. The largest absolute Gasteiger partial charge is 0.382 e. The number of carbonyl (C=O) groups excluding carboxylic acids is 2. The van der Waals surface area contributed by atoms with Gasteiger partial charge in [0.25, 0.3) is 0 Å². The molecule has 2 N–H and O–H groups in total. The minimum Gasteiger partial charge on any atom is -0.382 e. The van der Waals surface area contributed by atoms with Crippen LogP contribution >= 0.6 is 0 Å². The van der Waals surface area contributed by atoms with Crippen molar-refractivity contribution < 1.29 is 19.1 Å². The van der Waals surface area contributed by atoms with Crippen LogP contribution in [0, 0.1) is 5.92 Å². The Balaban J connectivity index is 1.23. The molecule has 3 rings (SSSR count). The average molecular weight is 432 g/mol. The highest BCUT2D eigenvalue weighted by molar-refractivity contribution is 5.89. The standard InChI is InChI=1S/C22H33N5O4/c1-30-14-15-31-17-21(28)26-11-7-18(8-12-26)4-2-3-9-24-22(29)25-19-5-6-20-23-10-13-27(20)16-19/h5-6,10,13,16,18H,2-4,7-9,11-12,14-15,17H2,1H3,(H2,24,25,29). The summed E-state index contributed by atoms with van der Waals surface area (Å²) in [5.41, 5.74) is 1.57. The van der Waals surface area contributed by atoms with Crippen molar-refractivity contribution in [3.8, 4) is 0 Å². The van der Waals surface area contributed by atoms with Crippen LogP contribution in [0.15, 0.2) is 30.7 Å². The van der Waals surface area contributed by atoms with E-state index in [0.717, 1.165) is 56.5 Å². The third kappa shape index (κ3) is 7.52. The summed E-state index contributed by atoms with van der Waals surface area (Å²) in [6.45, 7) is 3.35. The summed E-state index contributed by atoms with van der Waals surface area (Å²) >= 11 is 0. The Bertz CT molecular complexity index is 832. The van der Waals surface area contributed by atoms with E-state index in [-0.39, 0.29) is 18.5 Å². The molecule has 1 saturated heterocycles. The van der Waals surface area contributed by atoms with E-state index in [4.69, 9.17) is 9.47 Å². The molecule has 2 aromatic rings. The van der Waals surface area contributed by atoms with Crippen LogP contribution in [0.25, 0.3) is 5.65 Å². The number of carbonyl (C=O) groups is 2. The molecule has 9 nitrogen and oxygen atoms in total. The van der Waals surface area contributed by atoms with E-state index in [1.54, 1.807) is 13.3 Å². The van der Waals surface area contributed by atoms with E-state index in [0.29, 0.717) is 25.7 Å². The molecule has 3 amide bonds. The Morgan fingerprint density at radius 3 is 2.84 bits per heavy atom. The van der Waals surface area contributed by atoms with Gasteiger partial charge in [-0.2, -0.15) is 0 Å². The highest BCUT2D eigenvalue weighted by atomic mass is 16.5. The van der Waals surface area contributed by atoms with Gasteiger partial charge < -0.3 is 29.4 Å². The van der Waals surface area contributed by atoms with Crippen LogP contribution in [0.1, 0.15) is 32.1 Å². The Kier molecular flexibility index (Phi) is 9.11. The number of rotatable bonds is 11. The molecule has 0 aromatic carbocycles. The van der Waals surface area contributed by atoms with Crippen LogP contribution < -0.4 is 10.6 Å². The summed E-state index contributed by atoms with van der Waals surface area (Å²) in [5.74, 6) is 0.714. The normalized spacial score (nSPS) is 14.7. The molecular weight excluding hydrogens is 398 g/mol. The fourth-order valence-corrected chi connectivity index (χ4v) is 3.79. The van der Waals surface area contributed by atoms with Crippen molar-refractivity contribution in [2.75, 3.05) is 51.9 Å². The number of methoxy groups -OCH3 is 1. The van der Waals surface area contributed by atoms with Crippen LogP contribution in [0.2, 0.25) is 0 Å². The lowest BCUT2D eigenvalue weighted by Crippen LogP contribution is -2.40. The highest BCUT2D eigenvalue weighted by Gasteiger charge is 2.22. The molecule has 0 bridgehead atoms. The average Bonchev–Trinajstić information content (AvgIpc) is 3.25. The Morgan fingerprint density at radius 1 is 1.19 bits per heavy atom. The molecule has 0 saturated carbocycles. The van der Waals surface area contributed by atoms with Crippen molar-refractivity contribution in [2.45, 2.75) is 32.1 Å². The molecule has 1 aliphatic heterocycles. The summed E-state index contributed by atoms with van der Waals surface area (Å²) in [5, 5.41) is 5.76. The van der Waals surface area contributed by atoms with Crippen LogP contribution in [-0.2, 0) is 14.3 Å². The number of fused-ring (bicyclic) bond motifs is 1. The van der Waals surface area contributed by atoms with Crippen LogP contribution in [0.3, 0.4) is 0 Å². The predicted molar refractivity (Wildman–Crippen MR) is 118 cm³/mol. The second-order valence-electron chi connectivity index (χ2n) is 7.86. The van der Waals surface area contributed by atoms with Gasteiger partial charge in [-0.25, -0.2) is 9.78 Å². The van der Waals surface area contributed by atoms with Gasteiger partial charge in [-0.15, -0.1) is 0 Å². The zero-order chi connectivity index (χ0) is 21.9. The molecule has 0 radical (unpaired) electrons. The molecule has 31 heavy (non-hydrogen) atoms. The summed E-state index contributed by atoms with van der Waals surface area (Å²) in [4.78, 5) is 30.3. The number of ether oxygens (including phenoxy) is 2. The monoisotopic (exact) mass is 431 g/mol. The number of hydrogen-bond donors (Lipinski definition) is 2. The summed E-state index contributed by atoms with van der Waals surface area (Å²) < 4.78 is 12.1. The van der Waals surface area contributed by atoms with Crippen LogP contribution in [-0.4, -0.2) is 72.8 Å². The zero-order valence-electron chi connectivity index (χ0n) is 18.2. The van der Waals surface area contributed by atoms with Gasteiger partial charge in [0.05, 0.1) is 18.9 Å². The van der Waals surface area contributed by atoms with Gasteiger partial charge in [0.2, 0.25) is 5.91 Å². The fourth-order valence-electron chi connectivity index (χ4n) is 3.79. The van der Waals surface area contributed by atoms with Gasteiger partial charge in [0.15, 0.2) is 0 Å². The molecular formula is C22H33N5O4. The number of piperidine rings is 1. The number of urea groups is 1. The van der Waals surface area contributed by atoms with Crippen LogP contribution in [0.4, 0.5) is 10.5 Å². The van der Waals surface area contributed by atoms with Gasteiger partial charge in [-0.1, -0.05) is 12.8 Å². The zero-order valence-corrected chi connectivity index (χ0v) is 18.2. The smallest absolute Gasteiger partial charge is 0.319 e. The number of imidazole rings is 1. The first kappa shape index (κ1) is 23.0. The molecule has 0 unspecified atom stereocenters. The first-order chi connectivity index (χ1) is 15.2. The maximum absolute atomic E-state index is 12.1. The van der Waals surface area contributed by atoms with Crippen molar-refractivity contribution in [1.29, 1.82) is 0 Å². The van der Waals surface area contributed by atoms with E-state index in [2.05, 4.69) is 15.6 Å². The third-order valence-electron chi connectivity index (χ3n) is 5.60. The molecule has 9 heteroatoms. The topological polar surface area (TPSA) is 97.2 Å². The van der Waals surface area contributed by atoms with E-state index in [1.807, 2.05) is 33.8 Å². The van der Waals surface area contributed by atoms with Gasteiger partial charge in [-0.05, 0) is 37.3 Å². The number of aromatic nitrogens is 2. The van der Waals surface area contributed by atoms with Crippen molar-refractivity contribution in [3.05, 3.63) is 30.7 Å². The number of nitrogens with zero attached hydrogens (tertiary/aromatic N) is 3. The molecule has 0 atom stereocenters. The van der Waals surface area contributed by atoms with Gasteiger partial charge in [0, 0.05) is 45.3 Å². The molecule has 1 fully saturated rings. The second-order valence-corrected chi connectivity index (χ2v) is 7.86. The van der Waals surface area contributed by atoms with Crippen molar-refractivity contribution >= 4 is 23.3 Å². The van der Waals surface area contributed by atoms with Gasteiger partial charge >= 0.3 is 6.03 Å². The molecule has 3 heterocycles. The van der Waals surface area contributed by atoms with Crippen molar-refractivity contribution in [3.63, 3.8) is 0 Å². The minimum absolute atomic E-state index is 0.0666. The van der Waals surface area contributed by atoms with Gasteiger partial charge in [-0.3, -0.25) is 4.79 Å². The number of unbranched alkanes of at least 4 members (excludes halogenated alkanes) is 1. The molecule has 170 valence electrons. The maximum atomic E-state index is 12.1. The highest BCUT2D eigenvalue weighted by Crippen LogP contribution is 2.22. The summed E-state index contributed by atoms with van der Waals surface area (Å²) in [6, 6.07) is 3.51. The minimum atomic E-state index is -0.195. The first-order valence-electron chi connectivity index (χ1n) is 11.0. The SMILES string of the molecule is COCCOCC(=O)N1CCC(CCCCNC(=O)Nc2ccc3nccn3c2)CC1. The third-order valence-corrected chi connectivity index (χ3v) is 5.60. The lowest BCUT2D eigenvalue weighted by atomic mass is 9.91. The van der Waals surface area contributed by atoms with Gasteiger partial charge in [0.1, 0.15) is 12.3 Å². The lowest BCUT2D eigenvalue weighted by molar-refractivity contribution is -0.138. The van der Waals surface area contributed by atoms with Crippen LogP contribution in [0.5, 0.6) is 0 Å². The molecule has 1 aliphatic rings. The number of anilines is 1. The molecule has 0 aliphatic carbocycles. The van der Waals surface area contributed by atoms with E-state index in [1.165, 1.54) is 0 Å². The van der Waals surface area contributed by atoms with E-state index in [9.17, 15) is 9.59 Å². The maximum Gasteiger partial charge on any atom is 0.319 e. The fraction of sp³-hybridized carbons (Fsp3) is 0.591. The number of likely N-dealkylation sites (tertiary alicyclic amines) is 1.